The fraction of sp³-hybridized carbons (Fsp3) is 0.438. The van der Waals surface area contributed by atoms with Gasteiger partial charge >= 0.3 is 0 Å². The second-order valence-electron chi connectivity index (χ2n) is 5.83. The summed E-state index contributed by atoms with van der Waals surface area (Å²) in [6.45, 7) is 7.87. The molecule has 1 aliphatic rings. The van der Waals surface area contributed by atoms with E-state index in [-0.39, 0.29) is 11.9 Å². The molecule has 0 saturated carbocycles. The second kappa shape index (κ2) is 6.28. The second-order valence-corrected chi connectivity index (χ2v) is 5.83. The lowest BCUT2D eigenvalue weighted by Gasteiger charge is -2.14. The zero-order valence-electron chi connectivity index (χ0n) is 13.7. The number of nitrogens with zero attached hydrogens (tertiary/aromatic N) is 2. The maximum absolute atomic E-state index is 12.1. The number of H-pyrrole nitrogens is 1. The van der Waals surface area contributed by atoms with Gasteiger partial charge in [-0.1, -0.05) is 6.07 Å². The average Bonchev–Trinajstić information content (AvgIpc) is 3.18. The molecule has 23 heavy (non-hydrogen) atoms. The Balaban J connectivity index is 1.61. The highest BCUT2D eigenvalue weighted by Gasteiger charge is 2.16. The lowest BCUT2D eigenvalue weighted by atomic mass is 10.1. The van der Waals surface area contributed by atoms with E-state index in [0.717, 1.165) is 35.5 Å². The molecule has 2 aromatic rings. The number of imidazole rings is 1. The van der Waals surface area contributed by atoms with E-state index in [1.54, 1.807) is 0 Å². The van der Waals surface area contributed by atoms with Gasteiger partial charge in [0.2, 0.25) is 5.91 Å². The molecule has 1 atom stereocenters. The molecular formula is C16H22N6O. The molecule has 1 unspecified atom stereocenters. The van der Waals surface area contributed by atoms with E-state index in [0.29, 0.717) is 12.5 Å². The van der Waals surface area contributed by atoms with Crippen molar-refractivity contribution in [1.82, 2.24) is 25.9 Å². The molecule has 0 radical (unpaired) electrons. The van der Waals surface area contributed by atoms with E-state index in [1.165, 1.54) is 5.56 Å². The van der Waals surface area contributed by atoms with Crippen molar-refractivity contribution in [2.45, 2.75) is 33.4 Å². The van der Waals surface area contributed by atoms with Crippen LogP contribution in [0.25, 0.3) is 11.0 Å². The normalized spacial score (nSPS) is 15.2. The number of rotatable bonds is 4. The lowest BCUT2D eigenvalue weighted by Crippen LogP contribution is -2.47. The number of amides is 1. The van der Waals surface area contributed by atoms with Gasteiger partial charge in [0.25, 0.3) is 0 Å². The van der Waals surface area contributed by atoms with Crippen molar-refractivity contribution in [3.63, 3.8) is 0 Å². The summed E-state index contributed by atoms with van der Waals surface area (Å²) in [6.07, 6.45) is 0. The van der Waals surface area contributed by atoms with Crippen molar-refractivity contribution < 1.29 is 4.79 Å². The van der Waals surface area contributed by atoms with E-state index < -0.39 is 0 Å². The Labute approximate surface area is 135 Å². The first-order valence-electron chi connectivity index (χ1n) is 7.82. The monoisotopic (exact) mass is 314 g/mol. The molecule has 7 nitrogen and oxygen atoms in total. The lowest BCUT2D eigenvalue weighted by molar-refractivity contribution is -0.122. The first kappa shape index (κ1) is 15.3. The number of aliphatic imine (C=N–C) groups is 1. The number of benzene rings is 1. The molecule has 0 saturated heterocycles. The number of guanidine groups is 1. The van der Waals surface area contributed by atoms with E-state index in [4.69, 9.17) is 0 Å². The molecule has 2 heterocycles. The predicted molar refractivity (Wildman–Crippen MR) is 90.3 cm³/mol. The first-order valence-corrected chi connectivity index (χ1v) is 7.82. The predicted octanol–water partition coefficient (Wildman–Crippen LogP) is 0.733. The fourth-order valence-corrected chi connectivity index (χ4v) is 2.54. The molecule has 1 aliphatic heterocycles. The Morgan fingerprint density at radius 2 is 2.22 bits per heavy atom. The Morgan fingerprint density at radius 3 is 2.96 bits per heavy atom. The van der Waals surface area contributed by atoms with Crippen molar-refractivity contribution in [2.24, 2.45) is 4.99 Å². The van der Waals surface area contributed by atoms with Crippen molar-refractivity contribution in [3.8, 4) is 0 Å². The summed E-state index contributed by atoms with van der Waals surface area (Å²) in [5.41, 5.74) is 4.33. The van der Waals surface area contributed by atoms with Gasteiger partial charge in [-0.05, 0) is 38.0 Å². The summed E-state index contributed by atoms with van der Waals surface area (Å²) in [7, 11) is 0. The maximum atomic E-state index is 12.1. The number of aromatic nitrogens is 2. The van der Waals surface area contributed by atoms with Crippen LogP contribution in [0.4, 0.5) is 0 Å². The van der Waals surface area contributed by atoms with E-state index in [1.807, 2.05) is 13.0 Å². The van der Waals surface area contributed by atoms with Crippen molar-refractivity contribution in [2.75, 3.05) is 13.1 Å². The molecule has 0 aliphatic carbocycles. The van der Waals surface area contributed by atoms with Gasteiger partial charge in [-0.3, -0.25) is 9.79 Å². The number of fused-ring (bicyclic) bond motifs is 1. The molecule has 1 amide bonds. The molecule has 122 valence electrons. The van der Waals surface area contributed by atoms with Gasteiger partial charge in [0.05, 0.1) is 24.1 Å². The third-order valence-corrected chi connectivity index (χ3v) is 4.08. The van der Waals surface area contributed by atoms with Crippen LogP contribution >= 0.6 is 0 Å². The third kappa shape index (κ3) is 3.28. The van der Waals surface area contributed by atoms with Crippen molar-refractivity contribution in [1.29, 1.82) is 0 Å². The van der Waals surface area contributed by atoms with Gasteiger partial charge in [0, 0.05) is 6.54 Å². The van der Waals surface area contributed by atoms with Crippen LogP contribution in [-0.4, -0.2) is 41.0 Å². The number of aryl methyl sites for hydroxylation is 2. The number of hydrogen-bond acceptors (Lipinski definition) is 5. The van der Waals surface area contributed by atoms with Crippen LogP contribution in [0.1, 0.15) is 23.9 Å². The largest absolute Gasteiger partial charge is 0.355 e. The minimum atomic E-state index is -0.354. The van der Waals surface area contributed by atoms with E-state index >= 15 is 0 Å². The van der Waals surface area contributed by atoms with Gasteiger partial charge in [-0.15, -0.1) is 0 Å². The van der Waals surface area contributed by atoms with Crippen LogP contribution in [0.3, 0.4) is 0 Å². The van der Waals surface area contributed by atoms with E-state index in [9.17, 15) is 4.79 Å². The Bertz CT molecular complexity index is 763. The standard InChI is InChI=1S/C16H22N6O/c1-9-4-5-12-14(10(9)2)22-13(21-12)8-19-15(23)11(3)20-16-17-6-7-18-16/h4-5,11H,6-8H2,1-3H3,(H,19,23)(H,21,22)(H2,17,18,20). The molecule has 0 fully saturated rings. The summed E-state index contributed by atoms with van der Waals surface area (Å²) >= 11 is 0. The SMILES string of the molecule is Cc1ccc2[nH]c(CNC(=O)C(C)NC3=NCCN3)nc2c1C. The number of nitrogens with one attached hydrogen (secondary N) is 4. The molecule has 0 spiro atoms. The first-order chi connectivity index (χ1) is 11.0. The van der Waals surface area contributed by atoms with Gasteiger partial charge in [-0.2, -0.15) is 0 Å². The zero-order chi connectivity index (χ0) is 16.4. The quantitative estimate of drug-likeness (QED) is 0.669. The molecular weight excluding hydrogens is 292 g/mol. The van der Waals surface area contributed by atoms with Gasteiger partial charge in [0.15, 0.2) is 5.96 Å². The van der Waals surface area contributed by atoms with Crippen LogP contribution in [-0.2, 0) is 11.3 Å². The average molecular weight is 314 g/mol. The van der Waals surface area contributed by atoms with Crippen LogP contribution in [0.15, 0.2) is 17.1 Å². The summed E-state index contributed by atoms with van der Waals surface area (Å²) in [5.74, 6) is 1.35. The molecule has 7 heteroatoms. The summed E-state index contributed by atoms with van der Waals surface area (Å²) < 4.78 is 0. The van der Waals surface area contributed by atoms with Crippen LogP contribution in [0, 0.1) is 13.8 Å². The Morgan fingerprint density at radius 1 is 1.39 bits per heavy atom. The summed E-state index contributed by atoms with van der Waals surface area (Å²) in [6, 6.07) is 3.73. The fourth-order valence-electron chi connectivity index (χ4n) is 2.54. The summed E-state index contributed by atoms with van der Waals surface area (Å²) in [4.78, 5) is 24.2. The highest BCUT2D eigenvalue weighted by Crippen LogP contribution is 2.19. The number of hydrogen-bond donors (Lipinski definition) is 4. The molecule has 0 bridgehead atoms. The van der Waals surface area contributed by atoms with Crippen LogP contribution in [0.5, 0.6) is 0 Å². The van der Waals surface area contributed by atoms with Crippen molar-refractivity contribution >= 4 is 22.9 Å². The zero-order valence-corrected chi connectivity index (χ0v) is 13.7. The summed E-state index contributed by atoms with van der Waals surface area (Å²) in [5, 5.41) is 9.03. The molecule has 3 rings (SSSR count). The number of carbonyl (C=O) groups is 1. The molecule has 4 N–H and O–H groups in total. The highest BCUT2D eigenvalue weighted by atomic mass is 16.2. The number of carbonyl (C=O) groups excluding carboxylic acids is 1. The van der Waals surface area contributed by atoms with Gasteiger partial charge in [0.1, 0.15) is 11.9 Å². The minimum absolute atomic E-state index is 0.0882. The Hall–Kier alpha value is -2.57. The minimum Gasteiger partial charge on any atom is -0.355 e. The van der Waals surface area contributed by atoms with Gasteiger partial charge in [-0.25, -0.2) is 4.98 Å². The Kier molecular flexibility index (Phi) is 4.18. The highest BCUT2D eigenvalue weighted by molar-refractivity contribution is 5.89. The van der Waals surface area contributed by atoms with Crippen molar-refractivity contribution in [3.05, 3.63) is 29.1 Å². The molecule has 1 aromatic carbocycles. The smallest absolute Gasteiger partial charge is 0.242 e. The topological polar surface area (TPSA) is 94.2 Å². The maximum Gasteiger partial charge on any atom is 0.242 e. The van der Waals surface area contributed by atoms with Crippen LogP contribution < -0.4 is 16.0 Å². The third-order valence-electron chi connectivity index (χ3n) is 4.08. The molecule has 1 aromatic heterocycles. The van der Waals surface area contributed by atoms with Gasteiger partial charge < -0.3 is 20.9 Å². The van der Waals surface area contributed by atoms with Crippen LogP contribution in [0.2, 0.25) is 0 Å². The number of aromatic amines is 1. The van der Waals surface area contributed by atoms with E-state index in [2.05, 4.69) is 50.8 Å².